The third-order valence-electron chi connectivity index (χ3n) is 3.78. The van der Waals surface area contributed by atoms with Crippen LogP contribution in [0, 0.1) is 0 Å². The molecule has 1 aromatic heterocycles. The fourth-order valence-corrected chi connectivity index (χ4v) is 2.90. The molecule has 0 atom stereocenters. The molecule has 0 radical (unpaired) electrons. The second-order valence-corrected chi connectivity index (χ2v) is 5.01. The average Bonchev–Trinajstić information content (AvgIpc) is 2.74. The van der Waals surface area contributed by atoms with Gasteiger partial charge in [-0.3, -0.25) is 0 Å². The fraction of sp³-hybridized carbons (Fsp3) is 0.222. The van der Waals surface area contributed by atoms with Crippen LogP contribution in [0.3, 0.4) is 0 Å². The summed E-state index contributed by atoms with van der Waals surface area (Å²) >= 11 is 0. The number of nitrogens with zero attached hydrogens (tertiary/aromatic N) is 1. The Kier molecular flexibility index (Phi) is 3.12. The van der Waals surface area contributed by atoms with Crippen LogP contribution >= 0.6 is 0 Å². The summed E-state index contributed by atoms with van der Waals surface area (Å²) in [5, 5.41) is 1.36. The Hall–Kier alpha value is -2.02. The van der Waals surface area contributed by atoms with Crippen molar-refractivity contribution < 1.29 is 0 Å². The second kappa shape index (κ2) is 4.93. The van der Waals surface area contributed by atoms with Gasteiger partial charge < -0.3 is 4.57 Å². The number of rotatable bonds is 3. The van der Waals surface area contributed by atoms with Gasteiger partial charge in [0.15, 0.2) is 0 Å². The van der Waals surface area contributed by atoms with Gasteiger partial charge in [-0.15, -0.1) is 0 Å². The zero-order valence-electron chi connectivity index (χ0n) is 11.6. The number of benzene rings is 2. The lowest BCUT2D eigenvalue weighted by Gasteiger charge is -2.07. The van der Waals surface area contributed by atoms with Crippen molar-refractivity contribution >= 4 is 10.9 Å². The van der Waals surface area contributed by atoms with Crippen LogP contribution < -0.4 is 0 Å². The lowest BCUT2D eigenvalue weighted by Crippen LogP contribution is -1.96. The molecule has 0 saturated carbocycles. The Morgan fingerprint density at radius 3 is 2.32 bits per heavy atom. The number of aromatic nitrogens is 1. The molecule has 1 heterocycles. The molecule has 0 bridgehead atoms. The first-order valence-corrected chi connectivity index (χ1v) is 6.94. The van der Waals surface area contributed by atoms with Crippen molar-refractivity contribution in [3.63, 3.8) is 0 Å². The Balaban J connectivity index is 2.35. The first-order valence-electron chi connectivity index (χ1n) is 6.94. The van der Waals surface area contributed by atoms with Crippen molar-refractivity contribution in [1.29, 1.82) is 0 Å². The van der Waals surface area contributed by atoms with Crippen molar-refractivity contribution in [3.05, 3.63) is 60.3 Å². The molecule has 2 aromatic carbocycles. The number of fused-ring (bicyclic) bond motifs is 1. The molecule has 0 aliphatic rings. The maximum Gasteiger partial charge on any atom is 0.0486 e. The zero-order valence-corrected chi connectivity index (χ0v) is 11.6. The molecule has 3 rings (SSSR count). The predicted molar refractivity (Wildman–Crippen MR) is 82.4 cm³/mol. The summed E-state index contributed by atoms with van der Waals surface area (Å²) in [6.45, 7) is 2.24. The van der Waals surface area contributed by atoms with Gasteiger partial charge >= 0.3 is 0 Å². The summed E-state index contributed by atoms with van der Waals surface area (Å²) in [6, 6.07) is 19.4. The third kappa shape index (κ3) is 1.95. The van der Waals surface area contributed by atoms with Gasteiger partial charge in [-0.25, -0.2) is 0 Å². The zero-order chi connectivity index (χ0) is 13.2. The van der Waals surface area contributed by atoms with E-state index in [9.17, 15) is 0 Å². The Morgan fingerprint density at radius 1 is 0.895 bits per heavy atom. The van der Waals surface area contributed by atoms with Crippen LogP contribution in [0.5, 0.6) is 0 Å². The molecule has 3 aromatic rings. The van der Waals surface area contributed by atoms with Crippen molar-refractivity contribution in [1.82, 2.24) is 4.57 Å². The molecule has 0 saturated heterocycles. The van der Waals surface area contributed by atoms with Gasteiger partial charge in [0.1, 0.15) is 0 Å². The fourth-order valence-electron chi connectivity index (χ4n) is 2.90. The van der Waals surface area contributed by atoms with Crippen LogP contribution in [0.25, 0.3) is 22.0 Å². The first kappa shape index (κ1) is 12.0. The van der Waals surface area contributed by atoms with Gasteiger partial charge in [0.25, 0.3) is 0 Å². The summed E-state index contributed by atoms with van der Waals surface area (Å²) in [4.78, 5) is 0. The highest BCUT2D eigenvalue weighted by molar-refractivity contribution is 5.98. The monoisotopic (exact) mass is 249 g/mol. The number of hydrogen-bond donors (Lipinski definition) is 0. The third-order valence-corrected chi connectivity index (χ3v) is 3.78. The molecule has 0 N–H and O–H groups in total. The topological polar surface area (TPSA) is 4.93 Å². The van der Waals surface area contributed by atoms with Crippen LogP contribution in [0.2, 0.25) is 0 Å². The maximum absolute atomic E-state index is 2.35. The standard InChI is InChI=1S/C18H19N/c1-3-9-17-18(14-10-5-4-6-11-14)15-12-7-8-13-16(15)19(17)2/h4-8,10-13H,3,9H2,1-2H3. The summed E-state index contributed by atoms with van der Waals surface area (Å²) in [6.07, 6.45) is 2.29. The maximum atomic E-state index is 2.35. The predicted octanol–water partition coefficient (Wildman–Crippen LogP) is 4.80. The van der Waals surface area contributed by atoms with E-state index in [-0.39, 0.29) is 0 Å². The van der Waals surface area contributed by atoms with Crippen molar-refractivity contribution in [2.75, 3.05) is 0 Å². The van der Waals surface area contributed by atoms with E-state index in [4.69, 9.17) is 0 Å². The van der Waals surface area contributed by atoms with Crippen LogP contribution in [0.15, 0.2) is 54.6 Å². The second-order valence-electron chi connectivity index (χ2n) is 5.01. The quantitative estimate of drug-likeness (QED) is 0.628. The lowest BCUT2D eigenvalue weighted by atomic mass is 10.0. The summed E-state index contributed by atoms with van der Waals surface area (Å²) in [5.74, 6) is 0. The molecule has 1 nitrogen and oxygen atoms in total. The van der Waals surface area contributed by atoms with E-state index in [1.54, 1.807) is 0 Å². The van der Waals surface area contributed by atoms with Crippen LogP contribution in [0.1, 0.15) is 19.0 Å². The van der Waals surface area contributed by atoms with Gasteiger partial charge in [0.2, 0.25) is 0 Å². The molecule has 96 valence electrons. The minimum Gasteiger partial charge on any atom is -0.347 e. The van der Waals surface area contributed by atoms with Crippen LogP contribution in [-0.4, -0.2) is 4.57 Å². The van der Waals surface area contributed by atoms with Crippen molar-refractivity contribution in [3.8, 4) is 11.1 Å². The Morgan fingerprint density at radius 2 is 1.58 bits per heavy atom. The molecule has 0 aliphatic heterocycles. The van der Waals surface area contributed by atoms with Gasteiger partial charge in [-0.05, 0) is 18.1 Å². The van der Waals surface area contributed by atoms with E-state index in [0.29, 0.717) is 0 Å². The first-order chi connectivity index (χ1) is 9.33. The Labute approximate surface area is 114 Å². The average molecular weight is 249 g/mol. The van der Waals surface area contributed by atoms with E-state index in [2.05, 4.69) is 73.1 Å². The highest BCUT2D eigenvalue weighted by Crippen LogP contribution is 2.34. The van der Waals surface area contributed by atoms with E-state index < -0.39 is 0 Å². The largest absolute Gasteiger partial charge is 0.347 e. The van der Waals surface area contributed by atoms with Crippen LogP contribution in [0.4, 0.5) is 0 Å². The molecule has 0 spiro atoms. The SMILES string of the molecule is CCCc1c(-c2ccccc2)c2ccccc2n1C. The van der Waals surface area contributed by atoms with Gasteiger partial charge in [-0.2, -0.15) is 0 Å². The Bertz CT molecular complexity index is 692. The smallest absolute Gasteiger partial charge is 0.0486 e. The molecule has 0 aliphatic carbocycles. The van der Waals surface area contributed by atoms with Crippen LogP contribution in [-0.2, 0) is 13.5 Å². The van der Waals surface area contributed by atoms with Gasteiger partial charge in [0, 0.05) is 29.2 Å². The van der Waals surface area contributed by atoms with E-state index in [1.165, 1.54) is 34.1 Å². The van der Waals surface area contributed by atoms with E-state index >= 15 is 0 Å². The number of hydrogen-bond acceptors (Lipinski definition) is 0. The van der Waals surface area contributed by atoms with E-state index in [0.717, 1.165) is 6.42 Å². The van der Waals surface area contributed by atoms with Crippen molar-refractivity contribution in [2.24, 2.45) is 7.05 Å². The summed E-state index contributed by atoms with van der Waals surface area (Å²) in [7, 11) is 2.18. The number of para-hydroxylation sites is 1. The summed E-state index contributed by atoms with van der Waals surface area (Å²) < 4.78 is 2.35. The minimum absolute atomic E-state index is 1.12. The summed E-state index contributed by atoms with van der Waals surface area (Å²) in [5.41, 5.74) is 5.49. The molecule has 19 heavy (non-hydrogen) atoms. The molecule has 0 amide bonds. The number of aryl methyl sites for hydroxylation is 1. The highest BCUT2D eigenvalue weighted by atomic mass is 14.9. The normalized spacial score (nSPS) is 11.1. The highest BCUT2D eigenvalue weighted by Gasteiger charge is 2.15. The van der Waals surface area contributed by atoms with Gasteiger partial charge in [0.05, 0.1) is 0 Å². The molecule has 0 fully saturated rings. The minimum atomic E-state index is 1.12. The molecular formula is C18H19N. The van der Waals surface area contributed by atoms with Crippen molar-refractivity contribution in [2.45, 2.75) is 19.8 Å². The molecular weight excluding hydrogens is 230 g/mol. The molecule has 0 unspecified atom stereocenters. The van der Waals surface area contributed by atoms with E-state index in [1.807, 2.05) is 0 Å². The van der Waals surface area contributed by atoms with Gasteiger partial charge in [-0.1, -0.05) is 61.9 Å². The lowest BCUT2D eigenvalue weighted by molar-refractivity contribution is 0.807. The molecule has 1 heteroatoms.